The Bertz CT molecular complexity index is 970. The fourth-order valence-electron chi connectivity index (χ4n) is 1.92. The van der Waals surface area contributed by atoms with Crippen LogP contribution in [0.3, 0.4) is 0 Å². The van der Waals surface area contributed by atoms with E-state index in [4.69, 9.17) is 10.5 Å². The van der Waals surface area contributed by atoms with Gasteiger partial charge in [-0.15, -0.1) is 46.2 Å². The van der Waals surface area contributed by atoms with Crippen LogP contribution >= 0.6 is 83.4 Å². The van der Waals surface area contributed by atoms with E-state index in [9.17, 15) is 4.79 Å². The molecule has 0 aliphatic rings. The van der Waals surface area contributed by atoms with Gasteiger partial charge in [0.05, 0.1) is 14.6 Å². The number of nitriles is 2. The first-order chi connectivity index (χ1) is 17.2. The molecule has 0 radical (unpaired) electrons. The monoisotopic (exact) mass is 791 g/mol. The van der Waals surface area contributed by atoms with Crippen LogP contribution in [-0.2, 0) is 4.79 Å². The number of ketones is 1. The summed E-state index contributed by atoms with van der Waals surface area (Å²) in [4.78, 5) is 11.5. The maximum absolute atomic E-state index is 9.81. The van der Waals surface area contributed by atoms with E-state index < -0.39 is 0 Å². The van der Waals surface area contributed by atoms with E-state index in [1.807, 2.05) is 47.1 Å². The Morgan fingerprint density at radius 1 is 0.944 bits per heavy atom. The number of Topliss-reactive ketones (excluding diaryl/α,β-unsaturated/α-hetero) is 1. The zero-order valence-electron chi connectivity index (χ0n) is 22.5. The molecular formula is C25H35I2N3O2S4. The summed E-state index contributed by atoms with van der Waals surface area (Å²) in [5, 5.41) is 20.8. The summed E-state index contributed by atoms with van der Waals surface area (Å²) in [5.74, 6) is 0.255. The van der Waals surface area contributed by atoms with Crippen LogP contribution in [0.2, 0.25) is 0 Å². The number of carbonyl (C=O) groups is 1. The lowest BCUT2D eigenvalue weighted by Crippen LogP contribution is -1.80. The average Bonchev–Trinajstić information content (AvgIpc) is 3.65. The van der Waals surface area contributed by atoms with Crippen molar-refractivity contribution < 1.29 is 9.32 Å². The molecule has 200 valence electrons. The molecule has 0 saturated heterocycles. The molecule has 0 aliphatic carbocycles. The molecular weight excluding hydrogens is 756 g/mol. The molecule has 11 heteroatoms. The van der Waals surface area contributed by atoms with E-state index in [0.29, 0.717) is 6.42 Å². The van der Waals surface area contributed by atoms with Crippen LogP contribution in [0.1, 0.15) is 66.1 Å². The number of carbonyl (C=O) groups excluding carboxylic acids is 1. The number of hydrogen-bond acceptors (Lipinski definition) is 9. The van der Waals surface area contributed by atoms with Crippen molar-refractivity contribution in [3.63, 3.8) is 0 Å². The maximum atomic E-state index is 9.81. The van der Waals surface area contributed by atoms with Gasteiger partial charge in [0.1, 0.15) is 33.9 Å². The highest BCUT2D eigenvalue weighted by molar-refractivity contribution is 15.0. The molecule has 0 bridgehead atoms. The molecule has 0 spiro atoms. The highest BCUT2D eigenvalue weighted by atomic mass is 128. The van der Waals surface area contributed by atoms with E-state index in [0.717, 1.165) is 20.9 Å². The maximum Gasteiger partial charge on any atom is 0.129 e. The molecule has 3 heterocycles. The normalized spacial score (nSPS) is 8.39. The van der Waals surface area contributed by atoms with Gasteiger partial charge >= 0.3 is 0 Å². The predicted octanol–water partition coefficient (Wildman–Crippen LogP) is 10.4. The molecule has 5 nitrogen and oxygen atoms in total. The number of halogens is 2. The topological polar surface area (TPSA) is 90.7 Å². The van der Waals surface area contributed by atoms with Crippen LogP contribution in [0.5, 0.6) is 0 Å². The van der Waals surface area contributed by atoms with Crippen LogP contribution < -0.4 is 0 Å². The SMILES string of the molecule is CC.CCC(C)=O.CSc1sc(C#N)c(C)c1C.CSc1sc(C#N)c(C)c1C.II.c1cnoc1. The van der Waals surface area contributed by atoms with Crippen molar-refractivity contribution in [2.45, 2.75) is 70.2 Å². The van der Waals surface area contributed by atoms with E-state index in [2.05, 4.69) is 72.9 Å². The summed E-state index contributed by atoms with van der Waals surface area (Å²) in [5.41, 5.74) is 4.81. The Hall–Kier alpha value is -0.580. The minimum Gasteiger partial charge on any atom is -0.365 e. The van der Waals surface area contributed by atoms with Gasteiger partial charge in [0, 0.05) is 43.7 Å². The van der Waals surface area contributed by atoms with Crippen molar-refractivity contribution in [3.05, 3.63) is 50.5 Å². The summed E-state index contributed by atoms with van der Waals surface area (Å²) in [6, 6.07) is 6.11. The number of aromatic nitrogens is 1. The van der Waals surface area contributed by atoms with Crippen molar-refractivity contribution in [2.75, 3.05) is 12.5 Å². The molecule has 0 unspecified atom stereocenters. The second-order valence-electron chi connectivity index (χ2n) is 6.31. The van der Waals surface area contributed by atoms with E-state index in [-0.39, 0.29) is 5.78 Å². The molecule has 3 rings (SSSR count). The van der Waals surface area contributed by atoms with Crippen LogP contribution in [-0.4, -0.2) is 23.5 Å². The Kier molecular flexibility index (Phi) is 28.9. The molecule has 0 amide bonds. The van der Waals surface area contributed by atoms with E-state index in [1.54, 1.807) is 65.4 Å². The lowest BCUT2D eigenvalue weighted by atomic mass is 10.2. The summed E-state index contributed by atoms with van der Waals surface area (Å²) in [7, 11) is 0. The first kappa shape index (κ1) is 39.9. The lowest BCUT2D eigenvalue weighted by Gasteiger charge is -1.91. The van der Waals surface area contributed by atoms with Gasteiger partial charge in [-0.3, -0.25) is 0 Å². The molecule has 0 aromatic carbocycles. The van der Waals surface area contributed by atoms with Crippen LogP contribution in [0.25, 0.3) is 0 Å². The summed E-state index contributed by atoms with van der Waals surface area (Å²) in [6.07, 6.45) is 7.85. The second kappa shape index (κ2) is 26.0. The third-order valence-corrected chi connectivity index (χ3v) is 9.27. The van der Waals surface area contributed by atoms with Gasteiger partial charge in [-0.05, 0) is 75.5 Å². The summed E-state index contributed by atoms with van der Waals surface area (Å²) >= 11 is 10.8. The van der Waals surface area contributed by atoms with Crippen molar-refractivity contribution in [1.82, 2.24) is 5.16 Å². The van der Waals surface area contributed by atoms with Gasteiger partial charge in [-0.2, -0.15) is 10.5 Å². The summed E-state index contributed by atoms with van der Waals surface area (Å²) < 4.78 is 6.86. The van der Waals surface area contributed by atoms with Gasteiger partial charge in [-0.1, -0.05) is 25.9 Å². The molecule has 0 N–H and O–H groups in total. The standard InChI is InChI=1S/2C8H9NS2.C4H8O.C3H3NO.C2H6.I2/c2*1-5-6(2)8(10-3)11-7(5)4-9;1-3-4(2)5;1-2-4-5-3-1;2*1-2/h2*1-3H3;3H2,1-2H3;1-3H;1-2H3;. The Labute approximate surface area is 257 Å². The molecule has 0 atom stereocenters. The third-order valence-electron chi connectivity index (χ3n) is 4.23. The van der Waals surface area contributed by atoms with Crippen LogP contribution in [0, 0.1) is 50.4 Å². The second-order valence-corrected chi connectivity index (χ2v) is 10.5. The quantitative estimate of drug-likeness (QED) is 0.193. The van der Waals surface area contributed by atoms with Gasteiger partial charge in [-0.25, -0.2) is 0 Å². The van der Waals surface area contributed by atoms with Crippen molar-refractivity contribution in [1.29, 1.82) is 10.5 Å². The number of nitrogens with zero attached hydrogens (tertiary/aromatic N) is 3. The Balaban J connectivity index is -0.000000406. The van der Waals surface area contributed by atoms with Gasteiger partial charge in [0.2, 0.25) is 0 Å². The Morgan fingerprint density at radius 3 is 1.42 bits per heavy atom. The molecule has 3 aromatic rings. The number of thioether (sulfide) groups is 2. The zero-order chi connectivity index (χ0) is 28.7. The van der Waals surface area contributed by atoms with Crippen molar-refractivity contribution in [2.24, 2.45) is 0 Å². The smallest absolute Gasteiger partial charge is 0.129 e. The first-order valence-electron chi connectivity index (χ1n) is 10.7. The van der Waals surface area contributed by atoms with Gasteiger partial charge < -0.3 is 9.32 Å². The average molecular weight is 792 g/mol. The number of thiophene rings is 2. The predicted molar refractivity (Wildman–Crippen MR) is 177 cm³/mol. The van der Waals surface area contributed by atoms with Gasteiger partial charge in [0.15, 0.2) is 0 Å². The number of hydrogen-bond donors (Lipinski definition) is 0. The van der Waals surface area contributed by atoms with E-state index in [1.165, 1.54) is 25.8 Å². The van der Waals surface area contributed by atoms with Crippen LogP contribution in [0.4, 0.5) is 0 Å². The van der Waals surface area contributed by atoms with E-state index >= 15 is 0 Å². The fourth-order valence-corrected chi connectivity index (χ4v) is 5.69. The molecule has 0 saturated carbocycles. The van der Waals surface area contributed by atoms with Gasteiger partial charge in [0.25, 0.3) is 0 Å². The lowest BCUT2D eigenvalue weighted by molar-refractivity contribution is -0.116. The Morgan fingerprint density at radius 2 is 1.31 bits per heavy atom. The van der Waals surface area contributed by atoms with Crippen molar-refractivity contribution in [3.8, 4) is 12.1 Å². The molecule has 36 heavy (non-hydrogen) atoms. The molecule has 0 aliphatic heterocycles. The highest BCUT2D eigenvalue weighted by Crippen LogP contribution is 2.34. The van der Waals surface area contributed by atoms with Crippen LogP contribution in [0.15, 0.2) is 31.5 Å². The first-order valence-corrected chi connectivity index (χ1v) is 21.1. The fraction of sp³-hybridized carbons (Fsp3) is 0.440. The summed E-state index contributed by atoms with van der Waals surface area (Å²) in [6.45, 7) is 15.6. The minimum absolute atomic E-state index is 0.255. The third kappa shape index (κ3) is 16.3. The molecule has 3 aromatic heterocycles. The minimum atomic E-state index is 0.255. The largest absolute Gasteiger partial charge is 0.365 e. The molecule has 0 fully saturated rings. The number of rotatable bonds is 3. The van der Waals surface area contributed by atoms with Crippen molar-refractivity contribution >= 4 is 89.2 Å². The highest BCUT2D eigenvalue weighted by Gasteiger charge is 2.10. The zero-order valence-corrected chi connectivity index (χ0v) is 30.1.